The van der Waals surface area contributed by atoms with Crippen molar-refractivity contribution in [1.82, 2.24) is 5.32 Å². The molecule has 2 heteroatoms. The lowest BCUT2D eigenvalue weighted by Gasteiger charge is -2.20. The SMILES string of the molecule is CC(N[C@H](C)c1cccc(Cl)c1)C1CC1. The Labute approximate surface area is 96.8 Å². The van der Waals surface area contributed by atoms with Crippen LogP contribution in [-0.4, -0.2) is 6.04 Å². The quantitative estimate of drug-likeness (QED) is 0.819. The first-order valence-electron chi connectivity index (χ1n) is 5.68. The van der Waals surface area contributed by atoms with Gasteiger partial charge < -0.3 is 5.32 Å². The minimum absolute atomic E-state index is 0.388. The van der Waals surface area contributed by atoms with Crippen LogP contribution in [0.25, 0.3) is 0 Å². The van der Waals surface area contributed by atoms with Crippen LogP contribution in [0.2, 0.25) is 5.02 Å². The van der Waals surface area contributed by atoms with Crippen LogP contribution >= 0.6 is 11.6 Å². The molecule has 0 amide bonds. The van der Waals surface area contributed by atoms with Gasteiger partial charge in [0, 0.05) is 17.1 Å². The van der Waals surface area contributed by atoms with Crippen LogP contribution in [0.4, 0.5) is 0 Å². The smallest absolute Gasteiger partial charge is 0.0409 e. The molecule has 0 radical (unpaired) electrons. The first-order chi connectivity index (χ1) is 7.16. The largest absolute Gasteiger partial charge is 0.307 e. The van der Waals surface area contributed by atoms with E-state index in [2.05, 4.69) is 25.2 Å². The highest BCUT2D eigenvalue weighted by atomic mass is 35.5. The molecule has 0 heterocycles. The summed E-state index contributed by atoms with van der Waals surface area (Å²) >= 11 is 5.97. The molecule has 15 heavy (non-hydrogen) atoms. The third-order valence-corrected chi connectivity index (χ3v) is 3.43. The Hall–Kier alpha value is -0.530. The van der Waals surface area contributed by atoms with Crippen molar-refractivity contribution in [3.8, 4) is 0 Å². The Morgan fingerprint density at radius 3 is 2.67 bits per heavy atom. The third kappa shape index (κ3) is 2.96. The molecule has 0 aromatic heterocycles. The molecule has 0 bridgehead atoms. The highest BCUT2D eigenvalue weighted by Gasteiger charge is 2.28. The van der Waals surface area contributed by atoms with E-state index in [9.17, 15) is 0 Å². The summed E-state index contributed by atoms with van der Waals surface area (Å²) in [5.74, 6) is 0.895. The minimum atomic E-state index is 0.388. The maximum atomic E-state index is 5.97. The molecule has 0 saturated heterocycles. The molecule has 1 aromatic rings. The van der Waals surface area contributed by atoms with Gasteiger partial charge in [-0.2, -0.15) is 0 Å². The van der Waals surface area contributed by atoms with Gasteiger partial charge in [-0.05, 0) is 50.3 Å². The summed E-state index contributed by atoms with van der Waals surface area (Å²) in [6, 6.07) is 9.11. The van der Waals surface area contributed by atoms with Crippen molar-refractivity contribution in [2.75, 3.05) is 0 Å². The summed E-state index contributed by atoms with van der Waals surface area (Å²) in [6.45, 7) is 4.48. The number of hydrogen-bond acceptors (Lipinski definition) is 1. The minimum Gasteiger partial charge on any atom is -0.307 e. The van der Waals surface area contributed by atoms with Gasteiger partial charge in [0.1, 0.15) is 0 Å². The van der Waals surface area contributed by atoms with Gasteiger partial charge in [-0.3, -0.25) is 0 Å². The average Bonchev–Trinajstić information content (AvgIpc) is 3.00. The van der Waals surface area contributed by atoms with Crippen LogP contribution in [-0.2, 0) is 0 Å². The van der Waals surface area contributed by atoms with Gasteiger partial charge in [-0.15, -0.1) is 0 Å². The van der Waals surface area contributed by atoms with Gasteiger partial charge in [0.05, 0.1) is 0 Å². The average molecular weight is 224 g/mol. The zero-order chi connectivity index (χ0) is 10.8. The molecule has 2 rings (SSSR count). The molecule has 1 aliphatic carbocycles. The highest BCUT2D eigenvalue weighted by molar-refractivity contribution is 6.30. The Bertz CT molecular complexity index is 333. The molecule has 1 N–H and O–H groups in total. The van der Waals surface area contributed by atoms with Gasteiger partial charge in [-0.25, -0.2) is 0 Å². The zero-order valence-corrected chi connectivity index (χ0v) is 10.1. The number of nitrogens with one attached hydrogen (secondary N) is 1. The normalized spacial score (nSPS) is 19.9. The van der Waals surface area contributed by atoms with E-state index in [1.54, 1.807) is 0 Å². The zero-order valence-electron chi connectivity index (χ0n) is 9.33. The van der Waals surface area contributed by atoms with Crippen LogP contribution in [0, 0.1) is 5.92 Å². The summed E-state index contributed by atoms with van der Waals surface area (Å²) in [5, 5.41) is 4.45. The van der Waals surface area contributed by atoms with Crippen molar-refractivity contribution in [1.29, 1.82) is 0 Å². The Morgan fingerprint density at radius 2 is 2.07 bits per heavy atom. The van der Waals surface area contributed by atoms with Crippen LogP contribution in [0.3, 0.4) is 0 Å². The van der Waals surface area contributed by atoms with Crippen molar-refractivity contribution < 1.29 is 0 Å². The molecular formula is C13H18ClN. The first kappa shape index (κ1) is 11.0. The molecule has 2 atom stereocenters. The van der Waals surface area contributed by atoms with Crippen LogP contribution in [0.1, 0.15) is 38.3 Å². The lowest BCUT2D eigenvalue weighted by molar-refractivity contribution is 0.441. The van der Waals surface area contributed by atoms with Crippen LogP contribution in [0.15, 0.2) is 24.3 Å². The van der Waals surface area contributed by atoms with E-state index in [1.165, 1.54) is 18.4 Å². The molecule has 1 fully saturated rings. The summed E-state index contributed by atoms with van der Waals surface area (Å²) in [5.41, 5.74) is 1.27. The Balaban J connectivity index is 1.97. The van der Waals surface area contributed by atoms with Gasteiger partial charge in [0.15, 0.2) is 0 Å². The van der Waals surface area contributed by atoms with E-state index in [-0.39, 0.29) is 0 Å². The van der Waals surface area contributed by atoms with E-state index in [1.807, 2.05) is 18.2 Å². The van der Waals surface area contributed by atoms with Gasteiger partial charge >= 0.3 is 0 Å². The first-order valence-corrected chi connectivity index (χ1v) is 6.06. The van der Waals surface area contributed by atoms with Crippen molar-refractivity contribution >= 4 is 11.6 Å². The summed E-state index contributed by atoms with van der Waals surface area (Å²) in [4.78, 5) is 0. The highest BCUT2D eigenvalue weighted by Crippen LogP contribution is 2.33. The third-order valence-electron chi connectivity index (χ3n) is 3.19. The lowest BCUT2D eigenvalue weighted by Crippen LogP contribution is -2.30. The molecule has 1 aromatic carbocycles. The molecule has 0 aliphatic heterocycles. The molecule has 82 valence electrons. The van der Waals surface area contributed by atoms with Crippen molar-refractivity contribution in [2.24, 2.45) is 5.92 Å². The van der Waals surface area contributed by atoms with E-state index in [4.69, 9.17) is 11.6 Å². The van der Waals surface area contributed by atoms with E-state index < -0.39 is 0 Å². The molecule has 1 nitrogen and oxygen atoms in total. The second-order valence-corrected chi connectivity index (χ2v) is 5.01. The fraction of sp³-hybridized carbons (Fsp3) is 0.538. The Kier molecular flexibility index (Phi) is 3.32. The summed E-state index contributed by atoms with van der Waals surface area (Å²) in [7, 11) is 0. The van der Waals surface area contributed by atoms with Gasteiger partial charge in [0.2, 0.25) is 0 Å². The molecule has 1 unspecified atom stereocenters. The van der Waals surface area contributed by atoms with Crippen molar-refractivity contribution in [3.05, 3.63) is 34.9 Å². The topological polar surface area (TPSA) is 12.0 Å². The maximum Gasteiger partial charge on any atom is 0.0409 e. The second-order valence-electron chi connectivity index (χ2n) is 4.57. The number of benzene rings is 1. The van der Waals surface area contributed by atoms with Crippen LogP contribution < -0.4 is 5.32 Å². The monoisotopic (exact) mass is 223 g/mol. The van der Waals surface area contributed by atoms with E-state index >= 15 is 0 Å². The van der Waals surface area contributed by atoms with E-state index in [0.29, 0.717) is 12.1 Å². The van der Waals surface area contributed by atoms with Gasteiger partial charge in [0.25, 0.3) is 0 Å². The summed E-state index contributed by atoms with van der Waals surface area (Å²) < 4.78 is 0. The lowest BCUT2D eigenvalue weighted by atomic mass is 10.1. The second kappa shape index (κ2) is 4.54. The fourth-order valence-corrected chi connectivity index (χ4v) is 2.20. The molecule has 1 saturated carbocycles. The standard InChI is InChI=1S/C13H18ClN/c1-9(11-6-7-11)15-10(2)12-4-3-5-13(14)8-12/h3-5,8-11,15H,6-7H2,1-2H3/t9?,10-/m1/s1. The number of halogens is 1. The number of hydrogen-bond donors (Lipinski definition) is 1. The predicted molar refractivity (Wildman–Crippen MR) is 65.2 cm³/mol. The Morgan fingerprint density at radius 1 is 1.33 bits per heavy atom. The van der Waals surface area contributed by atoms with Crippen LogP contribution in [0.5, 0.6) is 0 Å². The molecule has 1 aliphatic rings. The maximum absolute atomic E-state index is 5.97. The predicted octanol–water partition coefficient (Wildman–Crippen LogP) is 3.79. The molecule has 0 spiro atoms. The van der Waals surface area contributed by atoms with Crippen molar-refractivity contribution in [3.63, 3.8) is 0 Å². The number of rotatable bonds is 4. The van der Waals surface area contributed by atoms with E-state index in [0.717, 1.165) is 10.9 Å². The summed E-state index contributed by atoms with van der Waals surface area (Å²) in [6.07, 6.45) is 2.77. The van der Waals surface area contributed by atoms with Crippen molar-refractivity contribution in [2.45, 2.75) is 38.8 Å². The molecular weight excluding hydrogens is 206 g/mol. The fourth-order valence-electron chi connectivity index (χ4n) is 2.00. The van der Waals surface area contributed by atoms with Gasteiger partial charge in [-0.1, -0.05) is 23.7 Å².